The van der Waals surface area contributed by atoms with Gasteiger partial charge in [0.25, 0.3) is 0 Å². The third kappa shape index (κ3) is 2.85. The van der Waals surface area contributed by atoms with E-state index in [1.165, 1.54) is 19.4 Å². The Morgan fingerprint density at radius 3 is 2.76 bits per heavy atom. The monoisotopic (exact) mass is 291 g/mol. The van der Waals surface area contributed by atoms with Crippen LogP contribution in [-0.2, 0) is 0 Å². The molecule has 4 unspecified atom stereocenters. The molecule has 4 atom stereocenters. The summed E-state index contributed by atoms with van der Waals surface area (Å²) in [7, 11) is 0. The van der Waals surface area contributed by atoms with Crippen LogP contribution in [-0.4, -0.2) is 47.6 Å². The van der Waals surface area contributed by atoms with E-state index in [1.54, 1.807) is 12.1 Å². The average Bonchev–Trinajstić information content (AvgIpc) is 2.88. The highest BCUT2D eigenvalue weighted by atomic mass is 19.1. The number of benzene rings is 1. The van der Waals surface area contributed by atoms with E-state index in [1.807, 2.05) is 19.1 Å². The fourth-order valence-corrected chi connectivity index (χ4v) is 4.08. The molecule has 116 valence electrons. The summed E-state index contributed by atoms with van der Waals surface area (Å²) in [6, 6.07) is 7.99. The maximum absolute atomic E-state index is 14.3. The summed E-state index contributed by atoms with van der Waals surface area (Å²) in [5, 5.41) is 0. The van der Waals surface area contributed by atoms with E-state index in [0.29, 0.717) is 12.1 Å². The maximum Gasteiger partial charge on any atom is 0.128 e. The van der Waals surface area contributed by atoms with Crippen molar-refractivity contribution in [3.63, 3.8) is 0 Å². The molecule has 3 rings (SSSR count). The molecule has 3 nitrogen and oxygen atoms in total. The topological polar surface area (TPSA) is 32.5 Å². The molecule has 1 aromatic rings. The molecule has 2 N–H and O–H groups in total. The number of rotatable bonds is 3. The van der Waals surface area contributed by atoms with Crippen LogP contribution in [0.4, 0.5) is 4.39 Å². The van der Waals surface area contributed by atoms with Crippen LogP contribution in [0.25, 0.3) is 0 Å². The second kappa shape index (κ2) is 6.03. The van der Waals surface area contributed by atoms with Crippen LogP contribution < -0.4 is 5.73 Å². The number of nitrogens with two attached hydrogens (primary N) is 1. The third-order valence-electron chi connectivity index (χ3n) is 5.06. The first-order chi connectivity index (χ1) is 10.1. The van der Waals surface area contributed by atoms with Crippen molar-refractivity contribution >= 4 is 0 Å². The Morgan fingerprint density at radius 1 is 1.29 bits per heavy atom. The van der Waals surface area contributed by atoms with Crippen LogP contribution in [0.1, 0.15) is 38.3 Å². The van der Waals surface area contributed by atoms with Gasteiger partial charge in [0, 0.05) is 36.8 Å². The minimum atomic E-state index is -0.138. The van der Waals surface area contributed by atoms with Crippen LogP contribution in [0.3, 0.4) is 0 Å². The Balaban J connectivity index is 1.88. The molecular formula is C17H26FN3. The van der Waals surface area contributed by atoms with E-state index in [0.717, 1.165) is 18.7 Å². The molecule has 2 saturated heterocycles. The number of nitrogens with zero attached hydrogens (tertiary/aromatic N) is 2. The summed E-state index contributed by atoms with van der Waals surface area (Å²) in [5.41, 5.74) is 6.99. The quantitative estimate of drug-likeness (QED) is 0.928. The second-order valence-corrected chi connectivity index (χ2v) is 6.66. The molecule has 0 aromatic heterocycles. The molecule has 2 fully saturated rings. The lowest BCUT2D eigenvalue weighted by atomic mass is 9.94. The standard InChI is InChI=1S/C17H26FN3/c1-12-10-20-9-5-6-14(20)11-21(12)17(13(2)19)15-7-3-4-8-16(15)18/h3-4,7-8,12-14,17H,5-6,9-11,19H2,1-2H3. The molecule has 0 aliphatic carbocycles. The van der Waals surface area contributed by atoms with Gasteiger partial charge < -0.3 is 5.73 Å². The van der Waals surface area contributed by atoms with Crippen molar-refractivity contribution in [1.82, 2.24) is 9.80 Å². The molecule has 0 bridgehead atoms. The zero-order chi connectivity index (χ0) is 15.0. The Labute approximate surface area is 126 Å². The summed E-state index contributed by atoms with van der Waals surface area (Å²) < 4.78 is 14.3. The number of piperazine rings is 1. The molecule has 0 spiro atoms. The lowest BCUT2D eigenvalue weighted by molar-refractivity contribution is 0.0195. The van der Waals surface area contributed by atoms with Crippen LogP contribution in [0.15, 0.2) is 24.3 Å². The lowest BCUT2D eigenvalue weighted by Gasteiger charge is -2.47. The molecule has 0 saturated carbocycles. The summed E-state index contributed by atoms with van der Waals surface area (Å²) in [6.45, 7) is 7.52. The normalized spacial score (nSPS) is 30.1. The first-order valence-corrected chi connectivity index (χ1v) is 8.07. The Kier molecular flexibility index (Phi) is 4.29. The molecule has 2 aliphatic rings. The van der Waals surface area contributed by atoms with Gasteiger partial charge in [-0.05, 0) is 39.3 Å². The molecule has 4 heteroatoms. The predicted octanol–water partition coefficient (Wildman–Crippen LogP) is 2.38. The average molecular weight is 291 g/mol. The number of hydrogen-bond donors (Lipinski definition) is 1. The lowest BCUT2D eigenvalue weighted by Crippen LogP contribution is -2.58. The van der Waals surface area contributed by atoms with Crippen LogP contribution in [0.2, 0.25) is 0 Å². The SMILES string of the molecule is CC(N)C(c1ccccc1F)N1CC2CCCN2CC1C. The van der Waals surface area contributed by atoms with Gasteiger partial charge >= 0.3 is 0 Å². The largest absolute Gasteiger partial charge is 0.326 e. The fraction of sp³-hybridized carbons (Fsp3) is 0.647. The number of halogens is 1. The Bertz CT molecular complexity index is 491. The molecule has 1 aromatic carbocycles. The summed E-state index contributed by atoms with van der Waals surface area (Å²) in [6.07, 6.45) is 2.54. The first kappa shape index (κ1) is 14.9. The molecule has 0 amide bonds. The minimum Gasteiger partial charge on any atom is -0.326 e. The van der Waals surface area contributed by atoms with Gasteiger partial charge in [0.2, 0.25) is 0 Å². The predicted molar refractivity (Wildman–Crippen MR) is 83.6 cm³/mol. The van der Waals surface area contributed by atoms with Gasteiger partial charge in [-0.2, -0.15) is 0 Å². The van der Waals surface area contributed by atoms with Gasteiger partial charge in [-0.1, -0.05) is 18.2 Å². The minimum absolute atomic E-state index is 0.0380. The van der Waals surface area contributed by atoms with E-state index >= 15 is 0 Å². The maximum atomic E-state index is 14.3. The van der Waals surface area contributed by atoms with E-state index < -0.39 is 0 Å². The smallest absolute Gasteiger partial charge is 0.128 e. The zero-order valence-electron chi connectivity index (χ0n) is 13.0. The van der Waals surface area contributed by atoms with Crippen LogP contribution in [0, 0.1) is 5.82 Å². The van der Waals surface area contributed by atoms with Gasteiger partial charge in [0.05, 0.1) is 6.04 Å². The van der Waals surface area contributed by atoms with Gasteiger partial charge in [0.15, 0.2) is 0 Å². The van der Waals surface area contributed by atoms with E-state index in [2.05, 4.69) is 16.7 Å². The van der Waals surface area contributed by atoms with Crippen LogP contribution >= 0.6 is 0 Å². The molecule has 2 heterocycles. The van der Waals surface area contributed by atoms with Crippen molar-refractivity contribution in [3.8, 4) is 0 Å². The number of hydrogen-bond acceptors (Lipinski definition) is 3. The highest BCUT2D eigenvalue weighted by Gasteiger charge is 2.39. The van der Waals surface area contributed by atoms with E-state index in [-0.39, 0.29) is 17.9 Å². The second-order valence-electron chi connectivity index (χ2n) is 6.66. The van der Waals surface area contributed by atoms with Gasteiger partial charge in [-0.25, -0.2) is 4.39 Å². The highest BCUT2D eigenvalue weighted by molar-refractivity contribution is 5.23. The van der Waals surface area contributed by atoms with Gasteiger partial charge in [-0.3, -0.25) is 9.80 Å². The van der Waals surface area contributed by atoms with E-state index in [9.17, 15) is 4.39 Å². The zero-order valence-corrected chi connectivity index (χ0v) is 13.0. The van der Waals surface area contributed by atoms with Crippen LogP contribution in [0.5, 0.6) is 0 Å². The third-order valence-corrected chi connectivity index (χ3v) is 5.06. The summed E-state index contributed by atoms with van der Waals surface area (Å²) in [4.78, 5) is 5.01. The Morgan fingerprint density at radius 2 is 2.05 bits per heavy atom. The van der Waals surface area contributed by atoms with Crippen molar-refractivity contribution in [3.05, 3.63) is 35.6 Å². The Hall–Kier alpha value is -0.970. The van der Waals surface area contributed by atoms with Crippen molar-refractivity contribution in [1.29, 1.82) is 0 Å². The summed E-state index contributed by atoms with van der Waals surface area (Å²) >= 11 is 0. The number of fused-ring (bicyclic) bond motifs is 1. The van der Waals surface area contributed by atoms with Crippen molar-refractivity contribution in [2.45, 2.75) is 50.9 Å². The van der Waals surface area contributed by atoms with Gasteiger partial charge in [-0.15, -0.1) is 0 Å². The first-order valence-electron chi connectivity index (χ1n) is 8.07. The molecule has 2 aliphatic heterocycles. The highest BCUT2D eigenvalue weighted by Crippen LogP contribution is 2.33. The fourth-order valence-electron chi connectivity index (χ4n) is 4.08. The molecular weight excluding hydrogens is 265 g/mol. The van der Waals surface area contributed by atoms with Crippen molar-refractivity contribution < 1.29 is 4.39 Å². The van der Waals surface area contributed by atoms with Crippen molar-refractivity contribution in [2.24, 2.45) is 5.73 Å². The van der Waals surface area contributed by atoms with Gasteiger partial charge in [0.1, 0.15) is 5.82 Å². The molecule has 0 radical (unpaired) electrons. The van der Waals surface area contributed by atoms with Crippen molar-refractivity contribution in [2.75, 3.05) is 19.6 Å². The summed E-state index contributed by atoms with van der Waals surface area (Å²) in [5.74, 6) is -0.138. The molecule has 21 heavy (non-hydrogen) atoms. The van der Waals surface area contributed by atoms with E-state index in [4.69, 9.17) is 5.73 Å².